The van der Waals surface area contributed by atoms with Crippen molar-refractivity contribution in [3.05, 3.63) is 35.4 Å². The smallest absolute Gasteiger partial charge is 0.259 e. The van der Waals surface area contributed by atoms with Crippen LogP contribution in [0.25, 0.3) is 0 Å². The molecule has 0 spiro atoms. The minimum absolute atomic E-state index is 0.272. The van der Waals surface area contributed by atoms with E-state index >= 15 is 0 Å². The first-order valence-corrected chi connectivity index (χ1v) is 6.27. The van der Waals surface area contributed by atoms with Crippen LogP contribution in [0.4, 0.5) is 8.78 Å². The second-order valence-corrected chi connectivity index (χ2v) is 5.99. The van der Waals surface area contributed by atoms with Gasteiger partial charge < -0.3 is 5.32 Å². The van der Waals surface area contributed by atoms with Crippen LogP contribution in [-0.2, 0) is 10.3 Å². The molecular weight excluding hydrogens is 264 g/mol. The summed E-state index contributed by atoms with van der Waals surface area (Å²) in [6.07, 6.45) is 0. The summed E-state index contributed by atoms with van der Waals surface area (Å²) < 4.78 is 26.3. The van der Waals surface area contributed by atoms with E-state index in [1.807, 2.05) is 20.8 Å². The molecule has 1 amide bonds. The van der Waals surface area contributed by atoms with Crippen molar-refractivity contribution in [2.24, 2.45) is 4.99 Å². The summed E-state index contributed by atoms with van der Waals surface area (Å²) >= 11 is 0. The fraction of sp³-hybridized carbons (Fsp3) is 0.429. The van der Waals surface area contributed by atoms with E-state index in [0.717, 1.165) is 12.1 Å². The molecular formula is C14H17F2N3O. The van der Waals surface area contributed by atoms with E-state index < -0.39 is 17.2 Å². The van der Waals surface area contributed by atoms with E-state index in [2.05, 4.69) is 15.6 Å². The Hall–Kier alpha value is -1.98. The van der Waals surface area contributed by atoms with Crippen molar-refractivity contribution in [1.29, 1.82) is 0 Å². The van der Waals surface area contributed by atoms with Crippen LogP contribution in [0.3, 0.4) is 0 Å². The first-order valence-electron chi connectivity index (χ1n) is 6.27. The molecule has 1 aliphatic rings. The highest BCUT2D eigenvalue weighted by Gasteiger charge is 2.41. The highest BCUT2D eigenvalue weighted by Crippen LogP contribution is 2.30. The lowest BCUT2D eigenvalue weighted by Crippen LogP contribution is -2.47. The van der Waals surface area contributed by atoms with Gasteiger partial charge in [0.1, 0.15) is 0 Å². The summed E-state index contributed by atoms with van der Waals surface area (Å²) in [6.45, 7) is 7.34. The van der Waals surface area contributed by atoms with E-state index in [1.54, 1.807) is 6.92 Å². The number of benzene rings is 1. The largest absolute Gasteiger partial charge is 0.351 e. The van der Waals surface area contributed by atoms with Crippen LogP contribution >= 0.6 is 0 Å². The summed E-state index contributed by atoms with van der Waals surface area (Å²) in [5, 5.41) is 5.67. The number of hydrogen-bond donors (Lipinski definition) is 2. The topological polar surface area (TPSA) is 53.5 Å². The van der Waals surface area contributed by atoms with Gasteiger partial charge in [-0.2, -0.15) is 0 Å². The molecule has 4 nitrogen and oxygen atoms in total. The van der Waals surface area contributed by atoms with Gasteiger partial charge in [0, 0.05) is 5.54 Å². The number of carbonyl (C=O) groups excluding carboxylic acids is 1. The number of amides is 1. The second kappa shape index (κ2) is 4.54. The summed E-state index contributed by atoms with van der Waals surface area (Å²) in [4.78, 5) is 16.4. The molecule has 0 saturated carbocycles. The summed E-state index contributed by atoms with van der Waals surface area (Å²) in [5.41, 5.74) is -1.23. The van der Waals surface area contributed by atoms with Crippen molar-refractivity contribution in [1.82, 2.24) is 10.6 Å². The minimum Gasteiger partial charge on any atom is -0.351 e. The molecule has 1 atom stereocenters. The number of hydrogen-bond acceptors (Lipinski definition) is 3. The Morgan fingerprint density at radius 3 is 2.45 bits per heavy atom. The van der Waals surface area contributed by atoms with Gasteiger partial charge in [0.25, 0.3) is 5.91 Å². The monoisotopic (exact) mass is 281 g/mol. The minimum atomic E-state index is -1.26. The molecule has 0 bridgehead atoms. The molecule has 0 saturated heterocycles. The molecule has 2 N–H and O–H groups in total. The van der Waals surface area contributed by atoms with E-state index in [-0.39, 0.29) is 11.4 Å². The van der Waals surface area contributed by atoms with Gasteiger partial charge in [0.15, 0.2) is 23.1 Å². The Morgan fingerprint density at radius 2 is 1.90 bits per heavy atom. The summed E-state index contributed by atoms with van der Waals surface area (Å²) in [5.74, 6) is -2.00. The van der Waals surface area contributed by atoms with Gasteiger partial charge in [0.2, 0.25) is 0 Å². The second-order valence-electron chi connectivity index (χ2n) is 5.99. The molecule has 0 fully saturated rings. The van der Waals surface area contributed by atoms with Crippen molar-refractivity contribution in [2.75, 3.05) is 0 Å². The molecule has 2 rings (SSSR count). The summed E-state index contributed by atoms with van der Waals surface area (Å²) in [6, 6.07) is 3.36. The number of carbonyl (C=O) groups is 1. The first kappa shape index (κ1) is 14.4. The van der Waals surface area contributed by atoms with Crippen LogP contribution in [-0.4, -0.2) is 17.4 Å². The maximum Gasteiger partial charge on any atom is 0.259 e. The zero-order valence-electron chi connectivity index (χ0n) is 11.8. The normalized spacial score (nSPS) is 22.5. The highest BCUT2D eigenvalue weighted by atomic mass is 19.2. The van der Waals surface area contributed by atoms with Crippen LogP contribution in [0.2, 0.25) is 0 Å². The van der Waals surface area contributed by atoms with Crippen LogP contribution in [0.5, 0.6) is 0 Å². The SMILES string of the molecule is CC(C)(C)NC1=NC(C)(c2ccc(F)c(F)c2)C(=O)N1. The number of nitrogens with one attached hydrogen (secondary N) is 2. The van der Waals surface area contributed by atoms with E-state index in [9.17, 15) is 13.6 Å². The van der Waals surface area contributed by atoms with Crippen molar-refractivity contribution in [3.8, 4) is 0 Å². The number of rotatable bonds is 1. The molecule has 1 heterocycles. The molecule has 108 valence electrons. The Morgan fingerprint density at radius 1 is 1.25 bits per heavy atom. The van der Waals surface area contributed by atoms with Gasteiger partial charge in [-0.15, -0.1) is 0 Å². The van der Waals surface area contributed by atoms with Crippen molar-refractivity contribution < 1.29 is 13.6 Å². The maximum atomic E-state index is 13.3. The fourth-order valence-electron chi connectivity index (χ4n) is 1.94. The van der Waals surface area contributed by atoms with Gasteiger partial charge in [-0.25, -0.2) is 13.8 Å². The van der Waals surface area contributed by atoms with Crippen LogP contribution in [0.15, 0.2) is 23.2 Å². The predicted octanol–water partition coefficient (Wildman–Crippen LogP) is 2.05. The third-order valence-electron chi connectivity index (χ3n) is 2.98. The van der Waals surface area contributed by atoms with Gasteiger partial charge in [-0.05, 0) is 45.4 Å². The number of halogens is 2. The van der Waals surface area contributed by atoms with Gasteiger partial charge >= 0.3 is 0 Å². The van der Waals surface area contributed by atoms with Crippen molar-refractivity contribution in [3.63, 3.8) is 0 Å². The van der Waals surface area contributed by atoms with Gasteiger partial charge in [-0.1, -0.05) is 6.07 Å². The highest BCUT2D eigenvalue weighted by molar-refractivity contribution is 6.07. The summed E-state index contributed by atoms with van der Waals surface area (Å²) in [7, 11) is 0. The molecule has 6 heteroatoms. The number of aliphatic imine (C=N–C) groups is 1. The van der Waals surface area contributed by atoms with E-state index in [4.69, 9.17) is 0 Å². The fourth-order valence-corrected chi connectivity index (χ4v) is 1.94. The maximum absolute atomic E-state index is 13.3. The average molecular weight is 281 g/mol. The molecule has 0 aromatic heterocycles. The van der Waals surface area contributed by atoms with E-state index in [1.165, 1.54) is 6.07 Å². The average Bonchev–Trinajstić information content (AvgIpc) is 2.56. The lowest BCUT2D eigenvalue weighted by atomic mass is 9.92. The standard InChI is InChI=1S/C14H17F2N3O/c1-13(2,3)18-12-17-11(20)14(4,19-12)8-5-6-9(15)10(16)7-8/h5-7H,1-4H3,(H2,17,18,19,20). The van der Waals surface area contributed by atoms with Crippen LogP contribution in [0, 0.1) is 11.6 Å². The van der Waals surface area contributed by atoms with Crippen molar-refractivity contribution in [2.45, 2.75) is 38.8 Å². The quantitative estimate of drug-likeness (QED) is 0.828. The molecule has 1 aromatic rings. The van der Waals surface area contributed by atoms with Gasteiger partial charge in [-0.3, -0.25) is 10.1 Å². The zero-order valence-corrected chi connectivity index (χ0v) is 11.8. The Kier molecular flexibility index (Phi) is 3.28. The molecule has 0 aliphatic carbocycles. The molecule has 1 aliphatic heterocycles. The molecule has 0 radical (unpaired) electrons. The molecule has 1 unspecified atom stereocenters. The lowest BCUT2D eigenvalue weighted by molar-refractivity contribution is -0.123. The van der Waals surface area contributed by atoms with E-state index in [0.29, 0.717) is 11.5 Å². The number of nitrogens with zero attached hydrogens (tertiary/aromatic N) is 1. The Balaban J connectivity index is 2.38. The first-order chi connectivity index (χ1) is 9.12. The van der Waals surface area contributed by atoms with Crippen LogP contribution in [0.1, 0.15) is 33.3 Å². The Bertz CT molecular complexity index is 593. The predicted molar refractivity (Wildman–Crippen MR) is 72.2 cm³/mol. The third kappa shape index (κ3) is 2.64. The molecule has 1 aromatic carbocycles. The number of guanidine groups is 1. The zero-order chi connectivity index (χ0) is 15.1. The third-order valence-corrected chi connectivity index (χ3v) is 2.98. The van der Waals surface area contributed by atoms with Gasteiger partial charge in [0.05, 0.1) is 0 Å². The van der Waals surface area contributed by atoms with Crippen molar-refractivity contribution >= 4 is 11.9 Å². The van der Waals surface area contributed by atoms with Crippen LogP contribution < -0.4 is 10.6 Å². The lowest BCUT2D eigenvalue weighted by Gasteiger charge is -2.21. The Labute approximate surface area is 116 Å². The molecule has 20 heavy (non-hydrogen) atoms.